The van der Waals surface area contributed by atoms with Gasteiger partial charge in [0.25, 0.3) is 0 Å². The molecule has 3 saturated carbocycles. The SMILES string of the molecule is COc1c(C[C@H](CC(=O)C(NC(=O)OC(C)(C)C)c2csc(NC(=O)OCc3ccccc3)n2)B2OC3C[C@@H]4C[C@@H](C4(C)C)[C@]3(C)O2)cccc1C(=O)OC(C)(C)C. The normalized spacial score (nSPS) is 23.1. The first-order valence-electron chi connectivity index (χ1n) is 19.8. The van der Waals surface area contributed by atoms with Gasteiger partial charge in [0.1, 0.15) is 35.2 Å². The molecule has 7 rings (SSSR count). The Morgan fingerprint density at radius 3 is 2.31 bits per heavy atom. The first-order chi connectivity index (χ1) is 27.2. The minimum absolute atomic E-state index is 0.0587. The maximum Gasteiger partial charge on any atom is 0.461 e. The van der Waals surface area contributed by atoms with Crippen LogP contribution in [0.3, 0.4) is 0 Å². The van der Waals surface area contributed by atoms with Gasteiger partial charge in [0.05, 0.1) is 24.5 Å². The van der Waals surface area contributed by atoms with Crippen LogP contribution in [-0.4, -0.2) is 66.1 Å². The van der Waals surface area contributed by atoms with Gasteiger partial charge in [0, 0.05) is 17.6 Å². The number of amides is 2. The number of thiazole rings is 1. The van der Waals surface area contributed by atoms with E-state index in [1.807, 2.05) is 36.4 Å². The summed E-state index contributed by atoms with van der Waals surface area (Å²) in [4.78, 5) is 58.6. The highest BCUT2D eigenvalue weighted by Gasteiger charge is 2.68. The number of alkyl carbamates (subject to hydrolysis) is 1. The molecule has 3 aliphatic carbocycles. The molecule has 0 radical (unpaired) electrons. The molecular weight excluding hydrogens is 761 g/mol. The number of esters is 1. The third-order valence-electron chi connectivity index (χ3n) is 11.4. The molecule has 4 aliphatic rings. The summed E-state index contributed by atoms with van der Waals surface area (Å²) in [6, 6.07) is 13.2. The fourth-order valence-electron chi connectivity index (χ4n) is 8.57. The molecule has 1 aromatic heterocycles. The Morgan fingerprint density at radius 2 is 1.66 bits per heavy atom. The van der Waals surface area contributed by atoms with Crippen LogP contribution in [0.25, 0.3) is 0 Å². The Bertz CT molecular complexity index is 1990. The van der Waals surface area contributed by atoms with Gasteiger partial charge < -0.3 is 33.6 Å². The molecule has 6 atom stereocenters. The number of benzene rings is 2. The Hall–Kier alpha value is -4.47. The van der Waals surface area contributed by atoms with E-state index in [0.717, 1.165) is 29.7 Å². The number of hydrogen-bond donors (Lipinski definition) is 2. The lowest BCUT2D eigenvalue weighted by molar-refractivity contribution is -0.199. The molecule has 2 N–H and O–H groups in total. The molecule has 2 heterocycles. The largest absolute Gasteiger partial charge is 0.496 e. The fourth-order valence-corrected chi connectivity index (χ4v) is 9.29. The molecular formula is C43H56BN3O10S. The molecule has 2 aromatic carbocycles. The number of hydrogen-bond acceptors (Lipinski definition) is 12. The monoisotopic (exact) mass is 817 g/mol. The molecule has 13 nitrogen and oxygen atoms in total. The van der Waals surface area contributed by atoms with E-state index in [1.165, 1.54) is 7.11 Å². The van der Waals surface area contributed by atoms with E-state index in [0.29, 0.717) is 17.2 Å². The molecule has 2 bridgehead atoms. The second-order valence-electron chi connectivity index (χ2n) is 18.3. The number of para-hydroxylation sites is 1. The maximum absolute atomic E-state index is 14.7. The van der Waals surface area contributed by atoms with Crippen molar-refractivity contribution in [3.8, 4) is 5.75 Å². The minimum atomic E-state index is -1.26. The lowest BCUT2D eigenvalue weighted by Crippen LogP contribution is -2.65. The highest BCUT2D eigenvalue weighted by atomic mass is 32.1. The molecule has 15 heteroatoms. The van der Waals surface area contributed by atoms with Crippen LogP contribution in [0.4, 0.5) is 14.7 Å². The first kappa shape index (κ1) is 43.1. The molecule has 58 heavy (non-hydrogen) atoms. The summed E-state index contributed by atoms with van der Waals surface area (Å²) in [6.45, 7) is 17.3. The smallest absolute Gasteiger partial charge is 0.461 e. The summed E-state index contributed by atoms with van der Waals surface area (Å²) in [7, 11) is 0.699. The number of rotatable bonds is 13. The number of carbonyl (C=O) groups excluding carboxylic acids is 4. The van der Waals surface area contributed by atoms with Gasteiger partial charge in [-0.2, -0.15) is 0 Å². The zero-order chi connectivity index (χ0) is 42.2. The average Bonchev–Trinajstić information content (AvgIpc) is 3.75. The van der Waals surface area contributed by atoms with Gasteiger partial charge in [0.2, 0.25) is 0 Å². The topological polar surface area (TPSA) is 161 Å². The van der Waals surface area contributed by atoms with Gasteiger partial charge in [-0.1, -0.05) is 56.3 Å². The Morgan fingerprint density at radius 1 is 0.948 bits per heavy atom. The quantitative estimate of drug-likeness (QED) is 0.0965. The van der Waals surface area contributed by atoms with Crippen LogP contribution in [0.15, 0.2) is 53.9 Å². The number of carbonyl (C=O) groups is 4. The van der Waals surface area contributed by atoms with Crippen LogP contribution in [0.1, 0.15) is 115 Å². The number of anilines is 1. The van der Waals surface area contributed by atoms with E-state index >= 15 is 0 Å². The summed E-state index contributed by atoms with van der Waals surface area (Å²) in [6.07, 6.45) is 0.311. The number of methoxy groups -OCH3 is 1. The van der Waals surface area contributed by atoms with Crippen molar-refractivity contribution in [3.05, 3.63) is 76.3 Å². The van der Waals surface area contributed by atoms with E-state index in [-0.39, 0.29) is 53.3 Å². The van der Waals surface area contributed by atoms with Crippen molar-refractivity contribution in [1.82, 2.24) is 10.3 Å². The number of ether oxygens (including phenoxy) is 4. The van der Waals surface area contributed by atoms with Gasteiger partial charge in [-0.05, 0) is 102 Å². The second kappa shape index (κ2) is 16.7. The number of ketones is 1. The zero-order valence-corrected chi connectivity index (χ0v) is 36.0. The summed E-state index contributed by atoms with van der Waals surface area (Å²) in [5, 5.41) is 7.14. The van der Waals surface area contributed by atoms with Crippen molar-refractivity contribution in [1.29, 1.82) is 0 Å². The van der Waals surface area contributed by atoms with Crippen molar-refractivity contribution in [2.45, 2.75) is 129 Å². The number of Topliss-reactive ketones (excluding diaryl/α,β-unsaturated/α-hetero) is 1. The molecule has 2 unspecified atom stereocenters. The van der Waals surface area contributed by atoms with Gasteiger partial charge in [-0.15, -0.1) is 11.3 Å². The summed E-state index contributed by atoms with van der Waals surface area (Å²) in [5.74, 6) is -0.405. The van der Waals surface area contributed by atoms with Crippen molar-refractivity contribution in [2.24, 2.45) is 17.3 Å². The molecule has 0 spiro atoms. The molecule has 312 valence electrons. The third-order valence-corrected chi connectivity index (χ3v) is 12.2. The Kier molecular flexibility index (Phi) is 12.4. The van der Waals surface area contributed by atoms with E-state index in [4.69, 9.17) is 28.3 Å². The Balaban J connectivity index is 1.29. The standard InChI is InChI=1S/C43H56BN3O10S/c1-40(2,3)54-36(49)29-18-14-17-26(35(29)52-10)19-28(44-56-33-21-27-20-32(42(27,7)8)43(33,9)57-44)22-31(48)34(46-39(51)55-41(4,5)6)30-24-58-37(45-30)47-38(50)53-23-25-15-12-11-13-16-25/h11-18,24,27-28,32-34H,19-23H2,1-10H3,(H,46,51)(H,45,47,50)/t27-,28+,32-,33?,34?,43-/m0/s1. The molecule has 1 saturated heterocycles. The van der Waals surface area contributed by atoms with Crippen molar-refractivity contribution in [3.63, 3.8) is 0 Å². The van der Waals surface area contributed by atoms with E-state index in [9.17, 15) is 19.2 Å². The van der Waals surface area contributed by atoms with Crippen LogP contribution < -0.4 is 15.4 Å². The molecule has 1 aliphatic heterocycles. The Labute approximate surface area is 345 Å². The maximum atomic E-state index is 14.7. The van der Waals surface area contributed by atoms with Gasteiger partial charge >= 0.3 is 25.3 Å². The highest BCUT2D eigenvalue weighted by molar-refractivity contribution is 7.13. The third kappa shape index (κ3) is 9.69. The fraction of sp³-hybridized carbons (Fsp3) is 0.558. The van der Waals surface area contributed by atoms with Crippen LogP contribution >= 0.6 is 11.3 Å². The highest BCUT2D eigenvalue weighted by Crippen LogP contribution is 2.66. The average molecular weight is 818 g/mol. The minimum Gasteiger partial charge on any atom is -0.496 e. The van der Waals surface area contributed by atoms with Gasteiger partial charge in [0.15, 0.2) is 10.9 Å². The summed E-state index contributed by atoms with van der Waals surface area (Å²) < 4.78 is 36.2. The lowest BCUT2D eigenvalue weighted by Gasteiger charge is -2.64. The second-order valence-corrected chi connectivity index (χ2v) is 19.2. The molecule has 2 amide bonds. The predicted molar refractivity (Wildman–Crippen MR) is 220 cm³/mol. The predicted octanol–water partition coefficient (Wildman–Crippen LogP) is 8.72. The van der Waals surface area contributed by atoms with Crippen molar-refractivity contribution >= 4 is 47.5 Å². The summed E-state index contributed by atoms with van der Waals surface area (Å²) in [5.41, 5.74) is -0.118. The first-order valence-corrected chi connectivity index (χ1v) is 20.7. The van der Waals surface area contributed by atoms with E-state index < -0.39 is 59.7 Å². The molecule has 4 fully saturated rings. The van der Waals surface area contributed by atoms with Crippen molar-refractivity contribution < 1.29 is 47.4 Å². The lowest BCUT2D eigenvalue weighted by atomic mass is 9.43. The summed E-state index contributed by atoms with van der Waals surface area (Å²) >= 11 is 1.09. The van der Waals surface area contributed by atoms with Crippen LogP contribution in [0.5, 0.6) is 5.75 Å². The van der Waals surface area contributed by atoms with Crippen LogP contribution in [0.2, 0.25) is 5.82 Å². The van der Waals surface area contributed by atoms with Crippen LogP contribution in [-0.2, 0) is 41.3 Å². The van der Waals surface area contributed by atoms with E-state index in [2.05, 4.69) is 36.4 Å². The van der Waals surface area contributed by atoms with E-state index in [1.54, 1.807) is 59.1 Å². The van der Waals surface area contributed by atoms with Crippen molar-refractivity contribution in [2.75, 3.05) is 12.4 Å². The molecule has 3 aromatic rings. The van der Waals surface area contributed by atoms with Crippen LogP contribution in [0, 0.1) is 17.3 Å². The van der Waals surface area contributed by atoms with Gasteiger partial charge in [-0.3, -0.25) is 10.1 Å². The number of nitrogens with one attached hydrogen (secondary N) is 2. The number of nitrogens with zero attached hydrogens (tertiary/aromatic N) is 1. The zero-order valence-electron chi connectivity index (χ0n) is 35.1. The van der Waals surface area contributed by atoms with Gasteiger partial charge in [-0.25, -0.2) is 19.4 Å². The number of aromatic nitrogens is 1.